The maximum atomic E-state index is 14.7. The summed E-state index contributed by atoms with van der Waals surface area (Å²) in [5.41, 5.74) is 0.876. The smallest absolute Gasteiger partial charge is 0.323 e. The molecule has 29 heavy (non-hydrogen) atoms. The van der Waals surface area contributed by atoms with E-state index >= 15 is 0 Å². The first kappa shape index (κ1) is 19.4. The highest BCUT2D eigenvalue weighted by Crippen LogP contribution is 2.26. The molecule has 0 atom stereocenters. The monoisotopic (exact) mass is 416 g/mol. The van der Waals surface area contributed by atoms with E-state index in [-0.39, 0.29) is 16.2 Å². The maximum Gasteiger partial charge on any atom is 0.323 e. The van der Waals surface area contributed by atoms with E-state index in [9.17, 15) is 13.6 Å². The standard InChI is InChI=1S/C21H19ClF2N4O/c22-16-11-14(5-6-17(16)23)25-21(29)26-15-10-13-4-7-19(27-20(13)18(24)12-15)28-8-2-1-3-9-28/h4-7,10-12H,1-3,8-9H2,(H2,25,26,29). The summed E-state index contributed by atoms with van der Waals surface area (Å²) in [6.45, 7) is 1.85. The van der Waals surface area contributed by atoms with Crippen LogP contribution in [0.5, 0.6) is 0 Å². The number of amides is 2. The van der Waals surface area contributed by atoms with Crippen LogP contribution in [0.15, 0.2) is 42.5 Å². The van der Waals surface area contributed by atoms with Gasteiger partial charge in [-0.2, -0.15) is 0 Å². The fourth-order valence-corrected chi connectivity index (χ4v) is 3.60. The second kappa shape index (κ2) is 8.21. The second-order valence-electron chi connectivity index (χ2n) is 6.95. The first-order valence-electron chi connectivity index (χ1n) is 9.38. The van der Waals surface area contributed by atoms with Crippen LogP contribution in [0, 0.1) is 11.6 Å². The number of benzene rings is 2. The van der Waals surface area contributed by atoms with Gasteiger partial charge in [-0.3, -0.25) is 0 Å². The van der Waals surface area contributed by atoms with E-state index in [1.165, 1.54) is 24.6 Å². The molecular formula is C21H19ClF2N4O. The summed E-state index contributed by atoms with van der Waals surface area (Å²) in [5, 5.41) is 5.59. The molecular weight excluding hydrogens is 398 g/mol. The van der Waals surface area contributed by atoms with Gasteiger partial charge >= 0.3 is 6.03 Å². The van der Waals surface area contributed by atoms with Crippen LogP contribution in [0.3, 0.4) is 0 Å². The van der Waals surface area contributed by atoms with Gasteiger partial charge in [-0.1, -0.05) is 11.6 Å². The lowest BCUT2D eigenvalue weighted by Gasteiger charge is -2.27. The Bertz CT molecular complexity index is 1070. The fourth-order valence-electron chi connectivity index (χ4n) is 3.42. The van der Waals surface area contributed by atoms with Gasteiger partial charge in [-0.05, 0) is 61.7 Å². The van der Waals surface area contributed by atoms with Crippen molar-refractivity contribution in [2.45, 2.75) is 19.3 Å². The molecule has 1 fully saturated rings. The van der Waals surface area contributed by atoms with Crippen LogP contribution in [0.4, 0.5) is 30.8 Å². The van der Waals surface area contributed by atoms with Gasteiger partial charge in [0.15, 0.2) is 5.82 Å². The number of carbonyl (C=O) groups is 1. The molecule has 4 rings (SSSR count). The fraction of sp³-hybridized carbons (Fsp3) is 0.238. The molecule has 1 aromatic heterocycles. The largest absolute Gasteiger partial charge is 0.357 e. The Hall–Kier alpha value is -2.93. The Morgan fingerprint density at radius 1 is 0.931 bits per heavy atom. The van der Waals surface area contributed by atoms with Crippen molar-refractivity contribution in [1.29, 1.82) is 0 Å². The molecule has 150 valence electrons. The number of urea groups is 1. The van der Waals surface area contributed by atoms with Crippen molar-refractivity contribution in [3.63, 3.8) is 0 Å². The van der Waals surface area contributed by atoms with E-state index < -0.39 is 17.7 Å². The summed E-state index contributed by atoms with van der Waals surface area (Å²) in [6, 6.07) is 9.80. The van der Waals surface area contributed by atoms with Gasteiger partial charge in [-0.15, -0.1) is 0 Å². The summed E-state index contributed by atoms with van der Waals surface area (Å²) in [6.07, 6.45) is 3.43. The van der Waals surface area contributed by atoms with E-state index in [4.69, 9.17) is 11.6 Å². The first-order chi connectivity index (χ1) is 14.0. The molecule has 2 N–H and O–H groups in total. The van der Waals surface area contributed by atoms with Crippen molar-refractivity contribution in [3.05, 3.63) is 59.1 Å². The molecule has 0 bridgehead atoms. The number of anilines is 3. The van der Waals surface area contributed by atoms with Gasteiger partial charge in [-0.25, -0.2) is 18.6 Å². The Morgan fingerprint density at radius 2 is 1.69 bits per heavy atom. The normalized spacial score (nSPS) is 14.1. The average Bonchev–Trinajstić information content (AvgIpc) is 2.71. The zero-order chi connectivity index (χ0) is 20.4. The van der Waals surface area contributed by atoms with Crippen molar-refractivity contribution in [2.24, 2.45) is 0 Å². The Labute approximate surface area is 171 Å². The van der Waals surface area contributed by atoms with Crippen LogP contribution in [0.2, 0.25) is 5.02 Å². The summed E-state index contributed by atoms with van der Waals surface area (Å²) in [5.74, 6) is -0.324. The number of hydrogen-bond acceptors (Lipinski definition) is 3. The third-order valence-electron chi connectivity index (χ3n) is 4.85. The number of carbonyl (C=O) groups excluding carboxylic acids is 1. The molecule has 0 radical (unpaired) electrons. The Balaban J connectivity index is 1.51. The molecule has 0 spiro atoms. The van der Waals surface area contributed by atoms with Crippen LogP contribution < -0.4 is 15.5 Å². The number of fused-ring (bicyclic) bond motifs is 1. The van der Waals surface area contributed by atoms with E-state index in [0.29, 0.717) is 11.1 Å². The summed E-state index contributed by atoms with van der Waals surface area (Å²) < 4.78 is 27.9. The lowest BCUT2D eigenvalue weighted by atomic mass is 10.1. The van der Waals surface area contributed by atoms with Gasteiger partial charge in [0.25, 0.3) is 0 Å². The zero-order valence-corrected chi connectivity index (χ0v) is 16.3. The molecule has 1 saturated heterocycles. The number of nitrogens with one attached hydrogen (secondary N) is 2. The number of aromatic nitrogens is 1. The Kier molecular flexibility index (Phi) is 5.49. The van der Waals surface area contributed by atoms with Gasteiger partial charge in [0.2, 0.25) is 0 Å². The number of piperidine rings is 1. The highest BCUT2D eigenvalue weighted by Gasteiger charge is 2.15. The Morgan fingerprint density at radius 3 is 2.45 bits per heavy atom. The summed E-state index contributed by atoms with van der Waals surface area (Å²) in [4.78, 5) is 18.8. The molecule has 0 aliphatic carbocycles. The van der Waals surface area contributed by atoms with Crippen molar-refractivity contribution in [3.8, 4) is 0 Å². The molecule has 1 aliphatic heterocycles. The van der Waals surface area contributed by atoms with Gasteiger partial charge in [0.1, 0.15) is 17.2 Å². The third-order valence-corrected chi connectivity index (χ3v) is 5.14. The molecule has 8 heteroatoms. The molecule has 1 aliphatic rings. The van der Waals surface area contributed by atoms with Gasteiger partial charge in [0.05, 0.1) is 5.02 Å². The van der Waals surface area contributed by atoms with Crippen molar-refractivity contribution >= 4 is 45.7 Å². The molecule has 5 nitrogen and oxygen atoms in total. The van der Waals surface area contributed by atoms with Crippen LogP contribution in [-0.4, -0.2) is 24.1 Å². The maximum absolute atomic E-state index is 14.7. The second-order valence-corrected chi connectivity index (χ2v) is 7.36. The van der Waals surface area contributed by atoms with E-state index in [0.717, 1.165) is 37.8 Å². The predicted octanol–water partition coefficient (Wildman–Crippen LogP) is 5.80. The van der Waals surface area contributed by atoms with Crippen LogP contribution in [0.1, 0.15) is 19.3 Å². The van der Waals surface area contributed by atoms with E-state index in [2.05, 4.69) is 20.5 Å². The third kappa shape index (κ3) is 4.40. The minimum Gasteiger partial charge on any atom is -0.357 e. The molecule has 0 saturated carbocycles. The van der Waals surface area contributed by atoms with Crippen LogP contribution in [-0.2, 0) is 0 Å². The molecule has 3 aromatic rings. The van der Waals surface area contributed by atoms with Crippen molar-refractivity contribution in [1.82, 2.24) is 4.98 Å². The number of rotatable bonds is 3. The number of halogens is 3. The van der Waals surface area contributed by atoms with Crippen molar-refractivity contribution < 1.29 is 13.6 Å². The number of pyridine rings is 1. The minimum atomic E-state index is -0.593. The van der Waals surface area contributed by atoms with Crippen LogP contribution >= 0.6 is 11.6 Å². The van der Waals surface area contributed by atoms with Crippen molar-refractivity contribution in [2.75, 3.05) is 28.6 Å². The first-order valence-corrected chi connectivity index (χ1v) is 9.76. The number of nitrogens with zero attached hydrogens (tertiary/aromatic N) is 2. The average molecular weight is 417 g/mol. The molecule has 2 heterocycles. The zero-order valence-electron chi connectivity index (χ0n) is 15.5. The predicted molar refractivity (Wildman–Crippen MR) is 112 cm³/mol. The lowest BCUT2D eigenvalue weighted by Crippen LogP contribution is -2.30. The van der Waals surface area contributed by atoms with E-state index in [1.54, 1.807) is 12.1 Å². The van der Waals surface area contributed by atoms with E-state index in [1.807, 2.05) is 6.07 Å². The highest BCUT2D eigenvalue weighted by molar-refractivity contribution is 6.31. The number of hydrogen-bond donors (Lipinski definition) is 2. The summed E-state index contributed by atoms with van der Waals surface area (Å²) >= 11 is 5.71. The topological polar surface area (TPSA) is 57.3 Å². The minimum absolute atomic E-state index is 0.102. The summed E-state index contributed by atoms with van der Waals surface area (Å²) in [7, 11) is 0. The van der Waals surface area contributed by atoms with Gasteiger partial charge in [0, 0.05) is 29.9 Å². The molecule has 2 aromatic carbocycles. The molecule has 2 amide bonds. The van der Waals surface area contributed by atoms with Crippen LogP contribution in [0.25, 0.3) is 10.9 Å². The highest BCUT2D eigenvalue weighted by atomic mass is 35.5. The van der Waals surface area contributed by atoms with Gasteiger partial charge < -0.3 is 15.5 Å². The SMILES string of the molecule is O=C(Nc1ccc(F)c(Cl)c1)Nc1cc(F)c2nc(N3CCCCC3)ccc2c1. The lowest BCUT2D eigenvalue weighted by molar-refractivity contribution is 0.262. The quantitative estimate of drug-likeness (QED) is 0.567. The molecule has 0 unspecified atom stereocenters.